The standard InChI is InChI=1S/C22H31N3O3/c1-15-7-6-8-17(13-15)18(25-9-11-27-12-10-25)14-23-21(26)19-16(2)28-24-20(19)22(3,4)5/h6-8,13,18H,9-12,14H2,1-5H3,(H,23,26). The van der Waals surface area contributed by atoms with Gasteiger partial charge in [-0.05, 0) is 19.4 Å². The molecule has 0 radical (unpaired) electrons. The summed E-state index contributed by atoms with van der Waals surface area (Å²) in [6.07, 6.45) is 0. The average Bonchev–Trinajstić information content (AvgIpc) is 3.05. The number of hydrogen-bond acceptors (Lipinski definition) is 5. The first-order valence-corrected chi connectivity index (χ1v) is 9.90. The number of nitrogens with zero attached hydrogens (tertiary/aromatic N) is 2. The van der Waals surface area contributed by atoms with Gasteiger partial charge in [-0.3, -0.25) is 9.69 Å². The third kappa shape index (κ3) is 4.62. The lowest BCUT2D eigenvalue weighted by molar-refractivity contribution is 0.0162. The van der Waals surface area contributed by atoms with E-state index in [0.717, 1.165) is 26.3 Å². The summed E-state index contributed by atoms with van der Waals surface area (Å²) in [7, 11) is 0. The second-order valence-electron chi connectivity index (χ2n) is 8.50. The zero-order valence-electron chi connectivity index (χ0n) is 17.5. The fourth-order valence-electron chi connectivity index (χ4n) is 3.65. The smallest absolute Gasteiger partial charge is 0.256 e. The van der Waals surface area contributed by atoms with Crippen molar-refractivity contribution < 1.29 is 14.1 Å². The Bertz CT molecular complexity index is 817. The number of benzene rings is 1. The van der Waals surface area contributed by atoms with Crippen molar-refractivity contribution in [1.82, 2.24) is 15.4 Å². The monoisotopic (exact) mass is 385 g/mol. The highest BCUT2D eigenvalue weighted by Crippen LogP contribution is 2.27. The fraction of sp³-hybridized carbons (Fsp3) is 0.545. The van der Waals surface area contributed by atoms with Crippen LogP contribution >= 0.6 is 0 Å². The average molecular weight is 386 g/mol. The van der Waals surface area contributed by atoms with E-state index < -0.39 is 0 Å². The molecule has 1 amide bonds. The normalized spacial score (nSPS) is 16.8. The molecule has 6 heteroatoms. The molecule has 1 fully saturated rings. The summed E-state index contributed by atoms with van der Waals surface area (Å²) in [5.74, 6) is 0.426. The Morgan fingerprint density at radius 3 is 2.61 bits per heavy atom. The van der Waals surface area contributed by atoms with Crippen LogP contribution in [0.1, 0.15) is 59.8 Å². The Hall–Kier alpha value is -2.18. The molecule has 0 bridgehead atoms. The van der Waals surface area contributed by atoms with Gasteiger partial charge in [0.05, 0.1) is 19.3 Å². The molecule has 1 aromatic heterocycles. The highest BCUT2D eigenvalue weighted by atomic mass is 16.5. The number of carbonyl (C=O) groups excluding carboxylic acids is 1. The zero-order chi connectivity index (χ0) is 20.3. The van der Waals surface area contributed by atoms with Crippen LogP contribution in [0.15, 0.2) is 28.8 Å². The Kier molecular flexibility index (Phi) is 6.20. The van der Waals surface area contributed by atoms with Crippen LogP contribution in [0.3, 0.4) is 0 Å². The molecule has 0 aliphatic carbocycles. The lowest BCUT2D eigenvalue weighted by Crippen LogP contribution is -2.44. The van der Waals surface area contributed by atoms with Crippen molar-refractivity contribution in [2.24, 2.45) is 0 Å². The number of aryl methyl sites for hydroxylation is 2. The van der Waals surface area contributed by atoms with E-state index in [-0.39, 0.29) is 17.4 Å². The third-order valence-electron chi connectivity index (χ3n) is 5.17. The van der Waals surface area contributed by atoms with Crippen molar-refractivity contribution in [2.75, 3.05) is 32.8 Å². The summed E-state index contributed by atoms with van der Waals surface area (Å²) in [4.78, 5) is 15.4. The number of morpholine rings is 1. The maximum atomic E-state index is 13.0. The van der Waals surface area contributed by atoms with Gasteiger partial charge in [-0.2, -0.15) is 0 Å². The minimum absolute atomic E-state index is 0.103. The Morgan fingerprint density at radius 1 is 1.25 bits per heavy atom. The van der Waals surface area contributed by atoms with Gasteiger partial charge in [0.25, 0.3) is 5.91 Å². The molecule has 0 saturated carbocycles. The quantitative estimate of drug-likeness (QED) is 0.854. The van der Waals surface area contributed by atoms with Crippen LogP contribution in [0, 0.1) is 13.8 Å². The number of ether oxygens (including phenoxy) is 1. The van der Waals surface area contributed by atoms with Gasteiger partial charge in [0, 0.05) is 25.0 Å². The van der Waals surface area contributed by atoms with Crippen LogP contribution < -0.4 is 5.32 Å². The lowest BCUT2D eigenvalue weighted by Gasteiger charge is -2.35. The molecule has 1 N–H and O–H groups in total. The van der Waals surface area contributed by atoms with Gasteiger partial charge in [-0.25, -0.2) is 0 Å². The van der Waals surface area contributed by atoms with Crippen LogP contribution in [0.2, 0.25) is 0 Å². The van der Waals surface area contributed by atoms with Gasteiger partial charge in [0.2, 0.25) is 0 Å². The molecule has 1 atom stereocenters. The summed E-state index contributed by atoms with van der Waals surface area (Å²) in [5.41, 5.74) is 3.41. The van der Waals surface area contributed by atoms with Crippen LogP contribution in [0.4, 0.5) is 0 Å². The molecule has 1 aliphatic heterocycles. The minimum atomic E-state index is -0.259. The van der Waals surface area contributed by atoms with Gasteiger partial charge in [0.15, 0.2) is 0 Å². The Morgan fingerprint density at radius 2 is 1.96 bits per heavy atom. The summed E-state index contributed by atoms with van der Waals surface area (Å²) < 4.78 is 10.8. The first-order valence-electron chi connectivity index (χ1n) is 9.90. The molecule has 2 heterocycles. The number of hydrogen-bond donors (Lipinski definition) is 1. The highest BCUT2D eigenvalue weighted by Gasteiger charge is 2.30. The summed E-state index contributed by atoms with van der Waals surface area (Å²) >= 11 is 0. The molecular weight excluding hydrogens is 354 g/mol. The predicted molar refractivity (Wildman–Crippen MR) is 109 cm³/mol. The molecule has 1 aromatic carbocycles. The molecule has 6 nitrogen and oxygen atoms in total. The number of aromatic nitrogens is 1. The van der Waals surface area contributed by atoms with E-state index in [2.05, 4.69) is 46.6 Å². The van der Waals surface area contributed by atoms with Crippen molar-refractivity contribution in [2.45, 2.75) is 46.1 Å². The van der Waals surface area contributed by atoms with Gasteiger partial charge in [-0.15, -0.1) is 0 Å². The highest BCUT2D eigenvalue weighted by molar-refractivity contribution is 5.96. The van der Waals surface area contributed by atoms with Crippen LogP contribution in [-0.4, -0.2) is 48.8 Å². The Balaban J connectivity index is 1.80. The minimum Gasteiger partial charge on any atom is -0.379 e. The van der Waals surface area contributed by atoms with E-state index in [1.165, 1.54) is 11.1 Å². The number of carbonyl (C=O) groups is 1. The van der Waals surface area contributed by atoms with E-state index in [9.17, 15) is 4.79 Å². The SMILES string of the molecule is Cc1cccc(C(CNC(=O)c2c(C(C)(C)C)noc2C)N2CCOCC2)c1. The van der Waals surface area contributed by atoms with Crippen molar-refractivity contribution in [1.29, 1.82) is 0 Å². The van der Waals surface area contributed by atoms with Gasteiger partial charge >= 0.3 is 0 Å². The maximum Gasteiger partial charge on any atom is 0.256 e. The zero-order valence-corrected chi connectivity index (χ0v) is 17.5. The molecule has 28 heavy (non-hydrogen) atoms. The first kappa shape index (κ1) is 20.6. The third-order valence-corrected chi connectivity index (χ3v) is 5.17. The van der Waals surface area contributed by atoms with Crippen molar-refractivity contribution in [3.05, 3.63) is 52.4 Å². The molecule has 0 spiro atoms. The van der Waals surface area contributed by atoms with Crippen molar-refractivity contribution in [3.63, 3.8) is 0 Å². The molecule has 2 aromatic rings. The fourth-order valence-corrected chi connectivity index (χ4v) is 3.65. The topological polar surface area (TPSA) is 67.6 Å². The largest absolute Gasteiger partial charge is 0.379 e. The maximum absolute atomic E-state index is 13.0. The summed E-state index contributed by atoms with van der Waals surface area (Å²) in [5, 5.41) is 7.26. The molecule has 3 rings (SSSR count). The number of nitrogens with one attached hydrogen (secondary N) is 1. The molecule has 1 unspecified atom stereocenters. The van der Waals surface area contributed by atoms with Crippen molar-refractivity contribution in [3.8, 4) is 0 Å². The molecule has 1 aliphatic rings. The lowest BCUT2D eigenvalue weighted by atomic mass is 9.88. The van der Waals surface area contributed by atoms with Gasteiger partial charge < -0.3 is 14.6 Å². The summed E-state index contributed by atoms with van der Waals surface area (Å²) in [6, 6.07) is 8.59. The van der Waals surface area contributed by atoms with E-state index >= 15 is 0 Å². The van der Waals surface area contributed by atoms with Crippen LogP contribution in [-0.2, 0) is 10.2 Å². The van der Waals surface area contributed by atoms with Crippen LogP contribution in [0.5, 0.6) is 0 Å². The Labute approximate surface area is 167 Å². The van der Waals surface area contributed by atoms with E-state index in [1.54, 1.807) is 6.92 Å². The molecule has 1 saturated heterocycles. The number of rotatable bonds is 5. The van der Waals surface area contributed by atoms with E-state index in [4.69, 9.17) is 9.26 Å². The van der Waals surface area contributed by atoms with Gasteiger partial charge in [-0.1, -0.05) is 55.8 Å². The van der Waals surface area contributed by atoms with Crippen molar-refractivity contribution >= 4 is 5.91 Å². The van der Waals surface area contributed by atoms with E-state index in [0.29, 0.717) is 23.6 Å². The van der Waals surface area contributed by atoms with E-state index in [1.807, 2.05) is 20.8 Å². The van der Waals surface area contributed by atoms with Crippen LogP contribution in [0.25, 0.3) is 0 Å². The summed E-state index contributed by atoms with van der Waals surface area (Å²) in [6.45, 7) is 13.6. The second-order valence-corrected chi connectivity index (χ2v) is 8.50. The number of amides is 1. The van der Waals surface area contributed by atoms with Gasteiger partial charge in [0.1, 0.15) is 17.0 Å². The molecular formula is C22H31N3O3. The predicted octanol–water partition coefficient (Wildman–Crippen LogP) is 3.39. The molecule has 152 valence electrons. The second kappa shape index (κ2) is 8.45. The first-order chi connectivity index (χ1) is 13.3.